The summed E-state index contributed by atoms with van der Waals surface area (Å²) < 4.78 is 0. The fourth-order valence-corrected chi connectivity index (χ4v) is 2.08. The Morgan fingerprint density at radius 1 is 1.50 bits per heavy atom. The van der Waals surface area contributed by atoms with Crippen LogP contribution in [0.4, 0.5) is 5.82 Å². The van der Waals surface area contributed by atoms with E-state index in [0.29, 0.717) is 6.54 Å². The van der Waals surface area contributed by atoms with Gasteiger partial charge in [0.25, 0.3) is 0 Å². The zero-order valence-electron chi connectivity index (χ0n) is 10.2. The summed E-state index contributed by atoms with van der Waals surface area (Å²) in [5, 5.41) is 0. The van der Waals surface area contributed by atoms with Gasteiger partial charge in [0.15, 0.2) is 0 Å². The van der Waals surface area contributed by atoms with Crippen molar-refractivity contribution in [2.75, 3.05) is 18.0 Å². The molecule has 1 fully saturated rings. The number of nitrogens with two attached hydrogens (primary N) is 1. The Kier molecular flexibility index (Phi) is 3.44. The molecule has 1 aliphatic rings. The molecule has 2 N–H and O–H groups in total. The molecule has 0 spiro atoms. The summed E-state index contributed by atoms with van der Waals surface area (Å²) in [5.41, 5.74) is 8.27. The molecule has 2 rings (SSSR count). The zero-order chi connectivity index (χ0) is 11.5. The van der Waals surface area contributed by atoms with Crippen LogP contribution in [0.15, 0.2) is 12.3 Å². The van der Waals surface area contributed by atoms with E-state index >= 15 is 0 Å². The summed E-state index contributed by atoms with van der Waals surface area (Å²) in [6, 6.07) is 2.04. The average Bonchev–Trinajstić information content (AvgIpc) is 3.09. The van der Waals surface area contributed by atoms with Crippen LogP contribution >= 0.6 is 0 Å². The fourth-order valence-electron chi connectivity index (χ4n) is 2.08. The van der Waals surface area contributed by atoms with Gasteiger partial charge in [-0.15, -0.1) is 0 Å². The van der Waals surface area contributed by atoms with E-state index in [1.54, 1.807) is 0 Å². The minimum Gasteiger partial charge on any atom is -0.356 e. The van der Waals surface area contributed by atoms with Crippen molar-refractivity contribution in [3.8, 4) is 0 Å². The minimum absolute atomic E-state index is 0.580. The summed E-state index contributed by atoms with van der Waals surface area (Å²) in [6.45, 7) is 7.03. The summed E-state index contributed by atoms with van der Waals surface area (Å²) in [4.78, 5) is 6.88. The van der Waals surface area contributed by atoms with E-state index in [2.05, 4.69) is 23.7 Å². The topological polar surface area (TPSA) is 42.2 Å². The highest BCUT2D eigenvalue weighted by Crippen LogP contribution is 2.32. The number of aromatic nitrogens is 1. The lowest BCUT2D eigenvalue weighted by Gasteiger charge is -2.24. The van der Waals surface area contributed by atoms with E-state index in [9.17, 15) is 0 Å². The third-order valence-corrected chi connectivity index (χ3v) is 3.33. The Labute approximate surface area is 97.7 Å². The third kappa shape index (κ3) is 2.35. The molecular formula is C13H21N3. The van der Waals surface area contributed by atoms with Crippen LogP contribution in [0.1, 0.15) is 30.9 Å². The maximum Gasteiger partial charge on any atom is 0.133 e. The van der Waals surface area contributed by atoms with E-state index in [-0.39, 0.29) is 0 Å². The van der Waals surface area contributed by atoms with Crippen LogP contribution < -0.4 is 10.6 Å². The number of anilines is 1. The van der Waals surface area contributed by atoms with Gasteiger partial charge < -0.3 is 10.6 Å². The highest BCUT2D eigenvalue weighted by atomic mass is 15.2. The Morgan fingerprint density at radius 3 is 2.81 bits per heavy atom. The lowest BCUT2D eigenvalue weighted by atomic mass is 10.1. The van der Waals surface area contributed by atoms with Gasteiger partial charge in [0.1, 0.15) is 5.82 Å². The standard InChI is InChI=1S/C13H21N3/c1-3-16(9-11-4-5-11)13-12(8-14)10(2)6-7-15-13/h6-7,11H,3-5,8-9,14H2,1-2H3. The number of hydrogen-bond acceptors (Lipinski definition) is 3. The van der Waals surface area contributed by atoms with E-state index < -0.39 is 0 Å². The summed E-state index contributed by atoms with van der Waals surface area (Å²) in [6.07, 6.45) is 4.64. The van der Waals surface area contributed by atoms with Crippen LogP contribution in [0.5, 0.6) is 0 Å². The van der Waals surface area contributed by atoms with E-state index in [1.165, 1.54) is 24.0 Å². The normalized spacial score (nSPS) is 15.2. The highest BCUT2D eigenvalue weighted by Gasteiger charge is 2.25. The fraction of sp³-hybridized carbons (Fsp3) is 0.615. The van der Waals surface area contributed by atoms with Gasteiger partial charge in [-0.1, -0.05) is 0 Å². The van der Waals surface area contributed by atoms with Crippen molar-refractivity contribution in [2.45, 2.75) is 33.2 Å². The van der Waals surface area contributed by atoms with Gasteiger partial charge in [-0.2, -0.15) is 0 Å². The molecule has 1 heterocycles. The Hall–Kier alpha value is -1.09. The van der Waals surface area contributed by atoms with Crippen molar-refractivity contribution in [1.29, 1.82) is 0 Å². The molecule has 3 heteroatoms. The average molecular weight is 219 g/mol. The molecule has 1 aromatic heterocycles. The largest absolute Gasteiger partial charge is 0.356 e. The van der Waals surface area contributed by atoms with E-state index in [0.717, 1.165) is 24.8 Å². The van der Waals surface area contributed by atoms with Crippen molar-refractivity contribution in [3.05, 3.63) is 23.4 Å². The number of nitrogens with zero attached hydrogens (tertiary/aromatic N) is 2. The van der Waals surface area contributed by atoms with Crippen molar-refractivity contribution in [1.82, 2.24) is 4.98 Å². The smallest absolute Gasteiger partial charge is 0.133 e. The molecule has 16 heavy (non-hydrogen) atoms. The third-order valence-electron chi connectivity index (χ3n) is 3.33. The maximum absolute atomic E-state index is 5.82. The minimum atomic E-state index is 0.580. The maximum atomic E-state index is 5.82. The van der Waals surface area contributed by atoms with Crippen LogP contribution in [-0.4, -0.2) is 18.1 Å². The summed E-state index contributed by atoms with van der Waals surface area (Å²) >= 11 is 0. The van der Waals surface area contributed by atoms with Crippen LogP contribution in [0.25, 0.3) is 0 Å². The Bertz CT molecular complexity index is 358. The van der Waals surface area contributed by atoms with Crippen LogP contribution in [-0.2, 0) is 6.54 Å². The van der Waals surface area contributed by atoms with Gasteiger partial charge in [-0.3, -0.25) is 0 Å². The molecule has 1 aromatic rings. The van der Waals surface area contributed by atoms with Gasteiger partial charge in [0, 0.05) is 31.4 Å². The zero-order valence-corrected chi connectivity index (χ0v) is 10.2. The number of hydrogen-bond donors (Lipinski definition) is 1. The molecule has 0 radical (unpaired) electrons. The molecule has 0 bridgehead atoms. The molecule has 3 nitrogen and oxygen atoms in total. The molecule has 0 atom stereocenters. The first-order valence-electron chi connectivity index (χ1n) is 6.15. The van der Waals surface area contributed by atoms with Crippen molar-refractivity contribution >= 4 is 5.82 Å². The van der Waals surface area contributed by atoms with Gasteiger partial charge >= 0.3 is 0 Å². The quantitative estimate of drug-likeness (QED) is 0.824. The van der Waals surface area contributed by atoms with Crippen molar-refractivity contribution < 1.29 is 0 Å². The molecule has 1 saturated carbocycles. The predicted octanol–water partition coefficient (Wildman–Crippen LogP) is 2.09. The Morgan fingerprint density at radius 2 is 2.25 bits per heavy atom. The second kappa shape index (κ2) is 4.83. The summed E-state index contributed by atoms with van der Waals surface area (Å²) in [5.74, 6) is 1.98. The number of aryl methyl sites for hydroxylation is 1. The molecule has 0 saturated heterocycles. The second-order valence-corrected chi connectivity index (χ2v) is 4.62. The first-order valence-corrected chi connectivity index (χ1v) is 6.15. The first-order chi connectivity index (χ1) is 7.76. The van der Waals surface area contributed by atoms with Gasteiger partial charge in [-0.25, -0.2) is 4.98 Å². The predicted molar refractivity (Wildman–Crippen MR) is 67.5 cm³/mol. The lowest BCUT2D eigenvalue weighted by Crippen LogP contribution is -2.28. The van der Waals surface area contributed by atoms with Crippen molar-refractivity contribution in [3.63, 3.8) is 0 Å². The molecule has 88 valence electrons. The second-order valence-electron chi connectivity index (χ2n) is 4.62. The van der Waals surface area contributed by atoms with E-state index in [4.69, 9.17) is 5.73 Å². The van der Waals surface area contributed by atoms with Gasteiger partial charge in [-0.05, 0) is 44.2 Å². The number of rotatable bonds is 5. The highest BCUT2D eigenvalue weighted by molar-refractivity contribution is 5.50. The van der Waals surface area contributed by atoms with Gasteiger partial charge in [0.05, 0.1) is 0 Å². The molecule has 0 aromatic carbocycles. The monoisotopic (exact) mass is 219 g/mol. The molecule has 0 aliphatic heterocycles. The van der Waals surface area contributed by atoms with Crippen molar-refractivity contribution in [2.24, 2.45) is 11.7 Å². The Balaban J connectivity index is 2.24. The van der Waals surface area contributed by atoms with Gasteiger partial charge in [0.2, 0.25) is 0 Å². The molecule has 0 unspecified atom stereocenters. The summed E-state index contributed by atoms with van der Waals surface area (Å²) in [7, 11) is 0. The van der Waals surface area contributed by atoms with Crippen LogP contribution in [0.3, 0.4) is 0 Å². The number of pyridine rings is 1. The lowest BCUT2D eigenvalue weighted by molar-refractivity contribution is 0.725. The van der Waals surface area contributed by atoms with E-state index in [1.807, 2.05) is 12.3 Å². The first kappa shape index (κ1) is 11.4. The molecule has 0 amide bonds. The molecular weight excluding hydrogens is 198 g/mol. The SMILES string of the molecule is CCN(CC1CC1)c1nccc(C)c1CN. The van der Waals surface area contributed by atoms with Crippen LogP contribution in [0.2, 0.25) is 0 Å². The van der Waals surface area contributed by atoms with Crippen LogP contribution in [0, 0.1) is 12.8 Å². The molecule has 1 aliphatic carbocycles.